The average molecular weight is 189 g/mol. The lowest BCUT2D eigenvalue weighted by Crippen LogP contribution is -2.06. The second kappa shape index (κ2) is 5.07. The van der Waals surface area contributed by atoms with Gasteiger partial charge < -0.3 is 16.5 Å². The summed E-state index contributed by atoms with van der Waals surface area (Å²) < 4.78 is 0. The van der Waals surface area contributed by atoms with Crippen LogP contribution in [0.4, 0.5) is 5.69 Å². The van der Waals surface area contributed by atoms with Crippen LogP contribution < -0.4 is 11.1 Å². The molecule has 0 aliphatic carbocycles. The van der Waals surface area contributed by atoms with E-state index in [-0.39, 0.29) is 0 Å². The van der Waals surface area contributed by atoms with E-state index in [1.807, 2.05) is 37.4 Å². The monoisotopic (exact) mass is 189 g/mol. The standard InChI is InChI=1S/C11H15N3/c1-9(6-12)7-14-8-10-3-2-4-11(13)5-10/h2-7,12,14H,8,13H2,1H3/b9-7-,12-6?. The minimum Gasteiger partial charge on any atom is -0.399 e. The summed E-state index contributed by atoms with van der Waals surface area (Å²) in [4.78, 5) is 0. The van der Waals surface area contributed by atoms with Crippen molar-refractivity contribution >= 4 is 11.9 Å². The molecule has 0 bridgehead atoms. The van der Waals surface area contributed by atoms with Gasteiger partial charge in [-0.15, -0.1) is 0 Å². The minimum absolute atomic E-state index is 0.732. The van der Waals surface area contributed by atoms with Crippen LogP contribution in [0, 0.1) is 5.41 Å². The van der Waals surface area contributed by atoms with E-state index in [0.29, 0.717) is 0 Å². The highest BCUT2D eigenvalue weighted by atomic mass is 14.8. The molecule has 0 spiro atoms. The number of nitrogens with two attached hydrogens (primary N) is 1. The summed E-state index contributed by atoms with van der Waals surface area (Å²) in [7, 11) is 0. The van der Waals surface area contributed by atoms with Crippen molar-refractivity contribution in [1.82, 2.24) is 5.32 Å². The second-order valence-electron chi connectivity index (χ2n) is 3.16. The number of nitrogen functional groups attached to an aromatic ring is 1. The lowest BCUT2D eigenvalue weighted by molar-refractivity contribution is 0.866. The van der Waals surface area contributed by atoms with Gasteiger partial charge in [-0.25, -0.2) is 0 Å². The summed E-state index contributed by atoms with van der Waals surface area (Å²) in [5.74, 6) is 0. The number of anilines is 1. The van der Waals surface area contributed by atoms with Crippen LogP contribution in [-0.2, 0) is 6.54 Å². The normalized spacial score (nSPS) is 11.1. The fourth-order valence-corrected chi connectivity index (χ4v) is 1.07. The van der Waals surface area contributed by atoms with Crippen molar-refractivity contribution in [3.05, 3.63) is 41.6 Å². The number of allylic oxidation sites excluding steroid dienone is 1. The van der Waals surface area contributed by atoms with Crippen molar-refractivity contribution in [1.29, 1.82) is 5.41 Å². The molecule has 0 saturated heterocycles. The largest absolute Gasteiger partial charge is 0.399 e. The Kier molecular flexibility index (Phi) is 3.73. The fraction of sp³-hybridized carbons (Fsp3) is 0.182. The summed E-state index contributed by atoms with van der Waals surface area (Å²) in [6.07, 6.45) is 3.13. The molecule has 3 nitrogen and oxygen atoms in total. The van der Waals surface area contributed by atoms with Crippen LogP contribution in [0.15, 0.2) is 36.0 Å². The minimum atomic E-state index is 0.732. The maximum Gasteiger partial charge on any atom is 0.0396 e. The summed E-state index contributed by atoms with van der Waals surface area (Å²) in [5, 5.41) is 10.1. The van der Waals surface area contributed by atoms with Crippen LogP contribution in [-0.4, -0.2) is 6.21 Å². The molecule has 0 radical (unpaired) electrons. The predicted octanol–water partition coefficient (Wildman–Crippen LogP) is 1.91. The van der Waals surface area contributed by atoms with Crippen molar-refractivity contribution in [2.75, 3.05) is 5.73 Å². The van der Waals surface area contributed by atoms with E-state index in [9.17, 15) is 0 Å². The first kappa shape index (κ1) is 10.3. The summed E-state index contributed by atoms with van der Waals surface area (Å²) in [6.45, 7) is 2.61. The Bertz CT molecular complexity index is 342. The van der Waals surface area contributed by atoms with E-state index in [0.717, 1.165) is 23.4 Å². The first-order valence-corrected chi connectivity index (χ1v) is 4.47. The van der Waals surface area contributed by atoms with Gasteiger partial charge in [-0.2, -0.15) is 0 Å². The number of benzene rings is 1. The molecular formula is C11H15N3. The zero-order valence-corrected chi connectivity index (χ0v) is 8.25. The van der Waals surface area contributed by atoms with Gasteiger partial charge in [-0.1, -0.05) is 12.1 Å². The second-order valence-corrected chi connectivity index (χ2v) is 3.16. The predicted molar refractivity (Wildman–Crippen MR) is 60.2 cm³/mol. The number of nitrogens with one attached hydrogen (secondary N) is 2. The first-order valence-electron chi connectivity index (χ1n) is 4.47. The van der Waals surface area contributed by atoms with Crippen LogP contribution >= 0.6 is 0 Å². The molecule has 0 aromatic heterocycles. The van der Waals surface area contributed by atoms with Crippen molar-refractivity contribution in [2.45, 2.75) is 13.5 Å². The molecule has 0 atom stereocenters. The van der Waals surface area contributed by atoms with E-state index in [1.165, 1.54) is 6.21 Å². The maximum absolute atomic E-state index is 6.97. The van der Waals surface area contributed by atoms with Gasteiger partial charge >= 0.3 is 0 Å². The molecule has 0 aliphatic heterocycles. The van der Waals surface area contributed by atoms with Gasteiger partial charge in [0.15, 0.2) is 0 Å². The van der Waals surface area contributed by atoms with Crippen LogP contribution in [0.5, 0.6) is 0 Å². The maximum atomic E-state index is 6.97. The van der Waals surface area contributed by atoms with Crippen molar-refractivity contribution < 1.29 is 0 Å². The van der Waals surface area contributed by atoms with Crippen LogP contribution in [0.2, 0.25) is 0 Å². The smallest absolute Gasteiger partial charge is 0.0396 e. The fourth-order valence-electron chi connectivity index (χ4n) is 1.07. The molecule has 14 heavy (non-hydrogen) atoms. The summed E-state index contributed by atoms with van der Waals surface area (Å²) in [5.41, 5.74) is 8.45. The molecule has 4 N–H and O–H groups in total. The van der Waals surface area contributed by atoms with Gasteiger partial charge in [0.2, 0.25) is 0 Å². The van der Waals surface area contributed by atoms with Crippen molar-refractivity contribution in [3.63, 3.8) is 0 Å². The zero-order chi connectivity index (χ0) is 10.4. The van der Waals surface area contributed by atoms with E-state index in [4.69, 9.17) is 11.1 Å². The highest BCUT2D eigenvalue weighted by Gasteiger charge is 1.90. The first-order chi connectivity index (χ1) is 6.72. The van der Waals surface area contributed by atoms with E-state index in [2.05, 4.69) is 5.32 Å². The highest BCUT2D eigenvalue weighted by molar-refractivity contribution is 5.74. The SMILES string of the molecule is C/C(C=N)=C/NCc1cccc(N)c1. The Balaban J connectivity index is 2.50. The molecule has 3 heteroatoms. The quantitative estimate of drug-likeness (QED) is 0.500. The third-order valence-electron chi connectivity index (χ3n) is 1.81. The van der Waals surface area contributed by atoms with Gasteiger partial charge in [0.05, 0.1) is 0 Å². The van der Waals surface area contributed by atoms with Crippen LogP contribution in [0.1, 0.15) is 12.5 Å². The molecule has 0 fully saturated rings. The molecule has 0 amide bonds. The third kappa shape index (κ3) is 3.31. The van der Waals surface area contributed by atoms with E-state index < -0.39 is 0 Å². The lowest BCUT2D eigenvalue weighted by Gasteiger charge is -2.02. The Hall–Kier alpha value is -1.77. The van der Waals surface area contributed by atoms with Gasteiger partial charge in [0.25, 0.3) is 0 Å². The van der Waals surface area contributed by atoms with Gasteiger partial charge in [-0.3, -0.25) is 0 Å². The average Bonchev–Trinajstić information content (AvgIpc) is 2.17. The Labute approximate surface area is 84.1 Å². The van der Waals surface area contributed by atoms with E-state index in [1.54, 1.807) is 0 Å². The molecule has 1 aromatic carbocycles. The van der Waals surface area contributed by atoms with Crippen molar-refractivity contribution in [3.8, 4) is 0 Å². The van der Waals surface area contributed by atoms with E-state index >= 15 is 0 Å². The Morgan fingerprint density at radius 3 is 3.00 bits per heavy atom. The lowest BCUT2D eigenvalue weighted by atomic mass is 10.2. The third-order valence-corrected chi connectivity index (χ3v) is 1.81. The highest BCUT2D eigenvalue weighted by Crippen LogP contribution is 2.05. The molecular weight excluding hydrogens is 174 g/mol. The number of hydrogen-bond donors (Lipinski definition) is 3. The van der Waals surface area contributed by atoms with Crippen LogP contribution in [0.25, 0.3) is 0 Å². The summed E-state index contributed by atoms with van der Waals surface area (Å²) in [6, 6.07) is 7.74. The molecule has 0 aliphatic rings. The molecule has 0 heterocycles. The van der Waals surface area contributed by atoms with Gasteiger partial charge in [0, 0.05) is 24.6 Å². The molecule has 74 valence electrons. The molecule has 1 rings (SSSR count). The molecule has 0 unspecified atom stereocenters. The molecule has 0 saturated carbocycles. The van der Waals surface area contributed by atoms with Crippen LogP contribution in [0.3, 0.4) is 0 Å². The number of hydrogen-bond acceptors (Lipinski definition) is 3. The Morgan fingerprint density at radius 2 is 2.36 bits per heavy atom. The summed E-state index contributed by atoms with van der Waals surface area (Å²) >= 11 is 0. The zero-order valence-electron chi connectivity index (χ0n) is 8.25. The topological polar surface area (TPSA) is 61.9 Å². The molecule has 1 aromatic rings. The Morgan fingerprint density at radius 1 is 1.57 bits per heavy atom. The van der Waals surface area contributed by atoms with Gasteiger partial charge in [0.1, 0.15) is 0 Å². The van der Waals surface area contributed by atoms with Crippen molar-refractivity contribution in [2.24, 2.45) is 0 Å². The number of rotatable bonds is 4. The van der Waals surface area contributed by atoms with Gasteiger partial charge in [-0.05, 0) is 30.2 Å².